The average Bonchev–Trinajstić information content (AvgIpc) is 3.39. The fraction of sp³-hybridized carbons (Fsp3) is 0.450. The van der Waals surface area contributed by atoms with Gasteiger partial charge in [0.15, 0.2) is 0 Å². The number of hydrogen-bond donors (Lipinski definition) is 1. The molecule has 136 valence electrons. The van der Waals surface area contributed by atoms with Crippen LogP contribution < -0.4 is 4.74 Å². The van der Waals surface area contributed by atoms with Crippen LogP contribution in [0, 0.1) is 5.92 Å². The number of nitrogens with zero attached hydrogens (tertiary/aromatic N) is 3. The molecule has 26 heavy (non-hydrogen) atoms. The molecule has 1 unspecified atom stereocenters. The van der Waals surface area contributed by atoms with E-state index >= 15 is 0 Å². The van der Waals surface area contributed by atoms with E-state index < -0.39 is 0 Å². The monoisotopic (exact) mass is 370 g/mol. The Bertz CT molecular complexity index is 948. The van der Waals surface area contributed by atoms with Crippen LogP contribution in [0.25, 0.3) is 22.3 Å². The van der Waals surface area contributed by atoms with Gasteiger partial charge in [0.05, 0.1) is 23.3 Å². The largest absolute Gasteiger partial charge is 0.497 e. The first-order valence-electron chi connectivity index (χ1n) is 9.25. The number of aromatic nitrogens is 4. The molecule has 0 amide bonds. The minimum Gasteiger partial charge on any atom is -0.497 e. The van der Waals surface area contributed by atoms with Gasteiger partial charge in [-0.05, 0) is 43.4 Å². The van der Waals surface area contributed by atoms with Crippen molar-refractivity contribution in [2.75, 3.05) is 7.11 Å². The molecule has 0 aliphatic heterocycles. The molecule has 2 heterocycles. The zero-order valence-corrected chi connectivity index (χ0v) is 16.1. The number of ether oxygens (including phenoxy) is 1. The third-order valence-corrected chi connectivity index (χ3v) is 5.55. The SMILES string of the molecule is CCc1nc2c(C(CC)C3CC3)nnc(-c3ccc(OC)cc3Cl)c2[nH]1. The van der Waals surface area contributed by atoms with E-state index in [0.717, 1.165) is 58.3 Å². The molecule has 1 N–H and O–H groups in total. The topological polar surface area (TPSA) is 63.7 Å². The van der Waals surface area contributed by atoms with Gasteiger partial charge in [-0.15, -0.1) is 5.10 Å². The summed E-state index contributed by atoms with van der Waals surface area (Å²) in [7, 11) is 1.63. The lowest BCUT2D eigenvalue weighted by Gasteiger charge is -2.14. The molecule has 2 aromatic heterocycles. The summed E-state index contributed by atoms with van der Waals surface area (Å²) in [4.78, 5) is 8.28. The van der Waals surface area contributed by atoms with Crippen LogP contribution in [0.1, 0.15) is 50.5 Å². The van der Waals surface area contributed by atoms with Gasteiger partial charge in [-0.3, -0.25) is 0 Å². The summed E-state index contributed by atoms with van der Waals surface area (Å²) >= 11 is 6.49. The number of methoxy groups -OCH3 is 1. The summed E-state index contributed by atoms with van der Waals surface area (Å²) in [5.41, 5.74) is 4.47. The van der Waals surface area contributed by atoms with Gasteiger partial charge in [0.25, 0.3) is 0 Å². The third-order valence-electron chi connectivity index (χ3n) is 5.24. The van der Waals surface area contributed by atoms with Crippen LogP contribution in [0.2, 0.25) is 5.02 Å². The highest BCUT2D eigenvalue weighted by Crippen LogP contribution is 2.45. The number of nitrogens with one attached hydrogen (secondary N) is 1. The Hall–Kier alpha value is -2.14. The summed E-state index contributed by atoms with van der Waals surface area (Å²) in [6.45, 7) is 4.31. The predicted molar refractivity (Wildman–Crippen MR) is 104 cm³/mol. The number of benzene rings is 1. The van der Waals surface area contributed by atoms with Gasteiger partial charge in [0, 0.05) is 17.9 Å². The maximum absolute atomic E-state index is 6.49. The maximum Gasteiger partial charge on any atom is 0.120 e. The van der Waals surface area contributed by atoms with E-state index in [0.29, 0.717) is 10.9 Å². The summed E-state index contributed by atoms with van der Waals surface area (Å²) in [5, 5.41) is 9.79. The van der Waals surface area contributed by atoms with Crippen LogP contribution in [0.3, 0.4) is 0 Å². The second kappa shape index (κ2) is 6.88. The van der Waals surface area contributed by atoms with Crippen molar-refractivity contribution in [3.8, 4) is 17.0 Å². The Labute approximate surface area is 158 Å². The van der Waals surface area contributed by atoms with Crippen molar-refractivity contribution in [1.29, 1.82) is 0 Å². The molecule has 1 saturated carbocycles. The standard InChI is InChI=1S/C20H23ClN4O/c1-4-13(11-6-7-11)17-19-20(23-16(5-2)22-19)18(25-24-17)14-9-8-12(26-3)10-15(14)21/h8-11,13H,4-7H2,1-3H3,(H,22,23). The number of fused-ring (bicyclic) bond motifs is 1. The lowest BCUT2D eigenvalue weighted by molar-refractivity contribution is 0.415. The zero-order chi connectivity index (χ0) is 18.3. The van der Waals surface area contributed by atoms with Gasteiger partial charge in [-0.1, -0.05) is 25.4 Å². The van der Waals surface area contributed by atoms with Crippen LogP contribution in [0.5, 0.6) is 5.75 Å². The normalized spacial score (nSPS) is 15.4. The van der Waals surface area contributed by atoms with Crippen LogP contribution in [0.15, 0.2) is 18.2 Å². The van der Waals surface area contributed by atoms with Crippen LogP contribution >= 0.6 is 11.6 Å². The van der Waals surface area contributed by atoms with E-state index in [1.165, 1.54) is 12.8 Å². The van der Waals surface area contributed by atoms with Gasteiger partial charge in [0.2, 0.25) is 0 Å². The molecule has 5 nitrogen and oxygen atoms in total. The van der Waals surface area contributed by atoms with Gasteiger partial charge in [-0.25, -0.2) is 4.98 Å². The zero-order valence-electron chi connectivity index (χ0n) is 15.3. The third kappa shape index (κ3) is 2.94. The first kappa shape index (κ1) is 17.3. The van der Waals surface area contributed by atoms with E-state index in [1.54, 1.807) is 13.2 Å². The summed E-state index contributed by atoms with van der Waals surface area (Å²) in [6, 6.07) is 5.61. The van der Waals surface area contributed by atoms with Crippen LogP contribution in [0.4, 0.5) is 0 Å². The summed E-state index contributed by atoms with van der Waals surface area (Å²) < 4.78 is 5.25. The number of imidazole rings is 1. The predicted octanol–water partition coefficient (Wildman–Crippen LogP) is 5.15. The van der Waals surface area contributed by atoms with Crippen molar-refractivity contribution in [2.24, 2.45) is 5.92 Å². The van der Waals surface area contributed by atoms with E-state index in [2.05, 4.69) is 29.0 Å². The molecule has 6 heteroatoms. The van der Waals surface area contributed by atoms with E-state index in [1.807, 2.05) is 12.1 Å². The fourth-order valence-electron chi connectivity index (χ4n) is 3.65. The highest BCUT2D eigenvalue weighted by molar-refractivity contribution is 6.33. The molecule has 1 fully saturated rings. The second-order valence-corrected chi connectivity index (χ2v) is 7.30. The number of aromatic amines is 1. The summed E-state index contributed by atoms with van der Waals surface area (Å²) in [6.07, 6.45) is 4.45. The highest BCUT2D eigenvalue weighted by atomic mass is 35.5. The Morgan fingerprint density at radius 3 is 2.69 bits per heavy atom. The molecular weight excluding hydrogens is 348 g/mol. The molecule has 1 aliphatic carbocycles. The Kier molecular flexibility index (Phi) is 4.57. The minimum atomic E-state index is 0.429. The molecule has 1 aliphatic rings. The molecule has 0 bridgehead atoms. The molecule has 0 radical (unpaired) electrons. The quantitative estimate of drug-likeness (QED) is 0.651. The smallest absolute Gasteiger partial charge is 0.120 e. The molecule has 1 aromatic carbocycles. The molecule has 3 aromatic rings. The van der Waals surface area contributed by atoms with Crippen molar-refractivity contribution >= 4 is 22.6 Å². The number of hydrogen-bond acceptors (Lipinski definition) is 4. The lowest BCUT2D eigenvalue weighted by atomic mass is 9.95. The summed E-state index contributed by atoms with van der Waals surface area (Å²) in [5.74, 6) is 2.82. The molecule has 0 saturated heterocycles. The van der Waals surface area contributed by atoms with Gasteiger partial charge < -0.3 is 9.72 Å². The Morgan fingerprint density at radius 1 is 1.27 bits per heavy atom. The average molecular weight is 371 g/mol. The Balaban J connectivity index is 1.90. The Morgan fingerprint density at radius 2 is 2.08 bits per heavy atom. The number of aryl methyl sites for hydroxylation is 1. The molecule has 4 rings (SSSR count). The second-order valence-electron chi connectivity index (χ2n) is 6.89. The van der Waals surface area contributed by atoms with Gasteiger partial charge in [-0.2, -0.15) is 5.10 Å². The van der Waals surface area contributed by atoms with Crippen LogP contribution in [-0.4, -0.2) is 27.3 Å². The highest BCUT2D eigenvalue weighted by Gasteiger charge is 2.34. The van der Waals surface area contributed by atoms with Gasteiger partial charge >= 0.3 is 0 Å². The first-order valence-corrected chi connectivity index (χ1v) is 9.63. The van der Waals surface area contributed by atoms with E-state index in [-0.39, 0.29) is 0 Å². The molecule has 1 atom stereocenters. The first-order chi connectivity index (χ1) is 12.7. The van der Waals surface area contributed by atoms with Crippen LogP contribution in [-0.2, 0) is 6.42 Å². The number of H-pyrrole nitrogens is 1. The van der Waals surface area contributed by atoms with Crippen molar-refractivity contribution < 1.29 is 4.74 Å². The van der Waals surface area contributed by atoms with E-state index in [9.17, 15) is 0 Å². The van der Waals surface area contributed by atoms with Gasteiger partial charge in [0.1, 0.15) is 22.8 Å². The van der Waals surface area contributed by atoms with Crippen molar-refractivity contribution in [3.63, 3.8) is 0 Å². The lowest BCUT2D eigenvalue weighted by Crippen LogP contribution is -2.06. The van der Waals surface area contributed by atoms with Crippen molar-refractivity contribution in [2.45, 2.75) is 45.4 Å². The maximum atomic E-state index is 6.49. The number of halogens is 1. The number of rotatable bonds is 6. The molecular formula is C20H23ClN4O. The minimum absolute atomic E-state index is 0.429. The van der Waals surface area contributed by atoms with Crippen molar-refractivity contribution in [3.05, 3.63) is 34.7 Å². The van der Waals surface area contributed by atoms with Crippen molar-refractivity contribution in [1.82, 2.24) is 20.2 Å². The molecule has 0 spiro atoms. The van der Waals surface area contributed by atoms with E-state index in [4.69, 9.17) is 21.3 Å². The fourth-order valence-corrected chi connectivity index (χ4v) is 3.91.